The van der Waals surface area contributed by atoms with Crippen LogP contribution in [0.2, 0.25) is 0 Å². The lowest BCUT2D eigenvalue weighted by atomic mass is 10.1. The molecule has 128 valence electrons. The molecule has 2 aromatic rings. The van der Waals surface area contributed by atoms with Crippen LogP contribution in [0.5, 0.6) is 11.5 Å². The highest BCUT2D eigenvalue weighted by Gasteiger charge is 2.15. The van der Waals surface area contributed by atoms with Crippen molar-refractivity contribution in [1.82, 2.24) is 15.6 Å². The molecule has 0 unspecified atom stereocenters. The van der Waals surface area contributed by atoms with E-state index in [1.165, 1.54) is 0 Å². The minimum atomic E-state index is -0.220. The van der Waals surface area contributed by atoms with Crippen molar-refractivity contribution in [2.24, 2.45) is 0 Å². The average molecular weight is 347 g/mol. The third-order valence-electron chi connectivity index (χ3n) is 3.69. The van der Waals surface area contributed by atoms with Gasteiger partial charge in [0.25, 0.3) is 0 Å². The van der Waals surface area contributed by atoms with E-state index >= 15 is 0 Å². The molecule has 1 aromatic heterocycles. The van der Waals surface area contributed by atoms with Crippen LogP contribution in [0.4, 0.5) is 4.79 Å². The van der Waals surface area contributed by atoms with Gasteiger partial charge >= 0.3 is 6.03 Å². The molecule has 0 radical (unpaired) electrons. The number of fused-ring (bicyclic) bond motifs is 1. The van der Waals surface area contributed by atoms with Crippen LogP contribution in [0.3, 0.4) is 0 Å². The van der Waals surface area contributed by atoms with Gasteiger partial charge in [0.2, 0.25) is 0 Å². The summed E-state index contributed by atoms with van der Waals surface area (Å²) < 4.78 is 11.3. The molecular formula is C17H21N3O3S. The van der Waals surface area contributed by atoms with Crippen molar-refractivity contribution in [1.29, 1.82) is 0 Å². The Labute approximate surface area is 145 Å². The predicted molar refractivity (Wildman–Crippen MR) is 92.7 cm³/mol. The van der Waals surface area contributed by atoms with Crippen LogP contribution in [-0.4, -0.2) is 24.2 Å². The molecule has 24 heavy (non-hydrogen) atoms. The number of rotatable bonds is 4. The highest BCUT2D eigenvalue weighted by Crippen LogP contribution is 2.32. The van der Waals surface area contributed by atoms with E-state index in [2.05, 4.69) is 15.6 Å². The molecule has 0 saturated heterocycles. The summed E-state index contributed by atoms with van der Waals surface area (Å²) in [6.07, 6.45) is 0.871. The van der Waals surface area contributed by atoms with Crippen LogP contribution in [0.25, 0.3) is 0 Å². The first-order valence-electron chi connectivity index (χ1n) is 7.97. The van der Waals surface area contributed by atoms with Crippen LogP contribution >= 0.6 is 11.3 Å². The smallest absolute Gasteiger partial charge is 0.315 e. The fourth-order valence-corrected chi connectivity index (χ4v) is 3.13. The van der Waals surface area contributed by atoms with Crippen molar-refractivity contribution >= 4 is 17.4 Å². The Hall–Kier alpha value is -2.28. The summed E-state index contributed by atoms with van der Waals surface area (Å²) in [6.45, 7) is 5.61. The minimum absolute atomic E-state index is 0.139. The van der Waals surface area contributed by atoms with Crippen molar-refractivity contribution in [3.8, 4) is 11.5 Å². The van der Waals surface area contributed by atoms with E-state index in [-0.39, 0.29) is 12.1 Å². The van der Waals surface area contributed by atoms with Crippen LogP contribution in [0, 0.1) is 6.92 Å². The summed E-state index contributed by atoms with van der Waals surface area (Å²) in [5, 5.41) is 8.62. The number of carbonyl (C=O) groups excluding carboxylic acids is 1. The van der Waals surface area contributed by atoms with Gasteiger partial charge in [-0.1, -0.05) is 6.07 Å². The van der Waals surface area contributed by atoms with Gasteiger partial charge in [-0.2, -0.15) is 0 Å². The summed E-state index contributed by atoms with van der Waals surface area (Å²) in [4.78, 5) is 16.4. The average Bonchev–Trinajstić information content (AvgIpc) is 2.84. The van der Waals surface area contributed by atoms with E-state index in [1.54, 1.807) is 11.3 Å². The van der Waals surface area contributed by atoms with Crippen molar-refractivity contribution < 1.29 is 14.3 Å². The normalized spacial score (nSPS) is 14.6. The van der Waals surface area contributed by atoms with Crippen molar-refractivity contribution in [3.05, 3.63) is 39.8 Å². The number of amides is 2. The summed E-state index contributed by atoms with van der Waals surface area (Å²) in [7, 11) is 0. The monoisotopic (exact) mass is 347 g/mol. The molecule has 1 aliphatic rings. The van der Waals surface area contributed by atoms with E-state index < -0.39 is 0 Å². The minimum Gasteiger partial charge on any atom is -0.490 e. The summed E-state index contributed by atoms with van der Waals surface area (Å²) in [5.74, 6) is 1.49. The van der Waals surface area contributed by atoms with Gasteiger partial charge in [-0.3, -0.25) is 0 Å². The van der Waals surface area contributed by atoms with Gasteiger partial charge in [-0.05, 0) is 31.5 Å². The molecule has 1 atom stereocenters. The number of urea groups is 1. The fraction of sp³-hybridized carbons (Fsp3) is 0.412. The van der Waals surface area contributed by atoms with Gasteiger partial charge in [0, 0.05) is 17.5 Å². The van der Waals surface area contributed by atoms with E-state index in [0.29, 0.717) is 19.8 Å². The number of hydrogen-bond donors (Lipinski definition) is 2. The fourth-order valence-electron chi connectivity index (χ4n) is 2.42. The van der Waals surface area contributed by atoms with Crippen molar-refractivity contribution in [3.63, 3.8) is 0 Å². The SMILES string of the molecule is Cc1csc(CNC(=O)N[C@@H](C)c2ccc3c(c2)OCCCO3)n1. The zero-order valence-corrected chi connectivity index (χ0v) is 14.6. The molecule has 3 rings (SSSR count). The quantitative estimate of drug-likeness (QED) is 0.891. The first-order chi connectivity index (χ1) is 11.6. The molecule has 2 N–H and O–H groups in total. The van der Waals surface area contributed by atoms with Crippen LogP contribution in [0.15, 0.2) is 23.6 Å². The van der Waals surface area contributed by atoms with Crippen LogP contribution < -0.4 is 20.1 Å². The molecule has 0 bridgehead atoms. The van der Waals surface area contributed by atoms with E-state index in [0.717, 1.165) is 34.2 Å². The zero-order valence-electron chi connectivity index (χ0n) is 13.8. The third kappa shape index (κ3) is 4.17. The standard InChI is InChI=1S/C17H21N3O3S/c1-11-10-24-16(19-11)9-18-17(21)20-12(2)13-4-5-14-15(8-13)23-7-3-6-22-14/h4-5,8,10,12H,3,6-7,9H2,1-2H3,(H2,18,20,21)/t12-/m0/s1. The van der Waals surface area contributed by atoms with Crippen molar-refractivity contribution in [2.45, 2.75) is 32.9 Å². The predicted octanol–water partition coefficient (Wildman–Crippen LogP) is 3.17. The van der Waals surface area contributed by atoms with Gasteiger partial charge in [0.05, 0.1) is 25.8 Å². The first-order valence-corrected chi connectivity index (χ1v) is 8.84. The lowest BCUT2D eigenvalue weighted by molar-refractivity contribution is 0.237. The number of ether oxygens (including phenoxy) is 2. The zero-order chi connectivity index (χ0) is 16.9. The third-order valence-corrected chi connectivity index (χ3v) is 4.65. The molecule has 0 aliphatic carbocycles. The Kier molecular flexibility index (Phi) is 5.20. The van der Waals surface area contributed by atoms with E-state index in [1.807, 2.05) is 37.4 Å². The first kappa shape index (κ1) is 16.6. The number of nitrogens with one attached hydrogen (secondary N) is 2. The Balaban J connectivity index is 1.56. The Morgan fingerprint density at radius 2 is 2.12 bits per heavy atom. The largest absolute Gasteiger partial charge is 0.490 e. The molecule has 2 heterocycles. The van der Waals surface area contributed by atoms with Gasteiger partial charge in [0.15, 0.2) is 11.5 Å². The number of aryl methyl sites for hydroxylation is 1. The van der Waals surface area contributed by atoms with Crippen LogP contribution in [-0.2, 0) is 6.54 Å². The maximum atomic E-state index is 12.0. The summed E-state index contributed by atoms with van der Waals surface area (Å²) >= 11 is 1.54. The van der Waals surface area contributed by atoms with Gasteiger partial charge in [0.1, 0.15) is 5.01 Å². The molecule has 0 fully saturated rings. The lowest BCUT2D eigenvalue weighted by Crippen LogP contribution is -2.36. The molecule has 0 spiro atoms. The summed E-state index contributed by atoms with van der Waals surface area (Å²) in [6, 6.07) is 5.41. The Bertz CT molecular complexity index is 717. The maximum Gasteiger partial charge on any atom is 0.315 e. The second-order valence-electron chi connectivity index (χ2n) is 5.69. The number of nitrogens with zero attached hydrogens (tertiary/aromatic N) is 1. The number of hydrogen-bond acceptors (Lipinski definition) is 5. The van der Waals surface area contributed by atoms with Gasteiger partial charge in [-0.25, -0.2) is 9.78 Å². The highest BCUT2D eigenvalue weighted by atomic mass is 32.1. The number of aromatic nitrogens is 1. The summed E-state index contributed by atoms with van der Waals surface area (Å²) in [5.41, 5.74) is 1.94. The molecule has 1 aliphatic heterocycles. The highest BCUT2D eigenvalue weighted by molar-refractivity contribution is 7.09. The molecular weight excluding hydrogens is 326 g/mol. The molecule has 6 nitrogen and oxygen atoms in total. The second-order valence-corrected chi connectivity index (χ2v) is 6.63. The molecule has 2 amide bonds. The lowest BCUT2D eigenvalue weighted by Gasteiger charge is -2.16. The maximum absolute atomic E-state index is 12.0. The van der Waals surface area contributed by atoms with Crippen molar-refractivity contribution in [2.75, 3.05) is 13.2 Å². The number of carbonyl (C=O) groups is 1. The topological polar surface area (TPSA) is 72.5 Å². The molecule has 0 saturated carbocycles. The van der Waals surface area contributed by atoms with E-state index in [9.17, 15) is 4.79 Å². The second kappa shape index (κ2) is 7.53. The van der Waals surface area contributed by atoms with E-state index in [4.69, 9.17) is 9.47 Å². The number of benzene rings is 1. The Morgan fingerprint density at radius 3 is 2.88 bits per heavy atom. The van der Waals surface area contributed by atoms with Crippen LogP contribution in [0.1, 0.15) is 35.7 Å². The molecule has 1 aromatic carbocycles. The Morgan fingerprint density at radius 1 is 1.33 bits per heavy atom. The van der Waals surface area contributed by atoms with Gasteiger partial charge in [-0.15, -0.1) is 11.3 Å². The number of thiazole rings is 1. The molecule has 7 heteroatoms. The van der Waals surface area contributed by atoms with Gasteiger partial charge < -0.3 is 20.1 Å².